The van der Waals surface area contributed by atoms with Gasteiger partial charge in [-0.15, -0.1) is 5.10 Å². The monoisotopic (exact) mass is 329 g/mol. The molecule has 0 unspecified atom stereocenters. The Bertz CT molecular complexity index is 863. The first-order valence-corrected chi connectivity index (χ1v) is 7.56. The van der Waals surface area contributed by atoms with Gasteiger partial charge in [-0.2, -0.15) is 0 Å². The minimum absolute atomic E-state index is 0.0207. The fourth-order valence-corrected chi connectivity index (χ4v) is 2.26. The molecule has 0 bridgehead atoms. The maximum atomic E-state index is 13.4. The Kier molecular flexibility index (Phi) is 4.69. The van der Waals surface area contributed by atoms with Gasteiger partial charge in [-0.3, -0.25) is 0 Å². The lowest BCUT2D eigenvalue weighted by Gasteiger charge is -2.08. The summed E-state index contributed by atoms with van der Waals surface area (Å²) in [5, 5.41) is 8.01. The number of fused-ring (bicyclic) bond motifs is 1. The molecule has 0 aliphatic rings. The quantitative estimate of drug-likeness (QED) is 0.514. The molecule has 0 spiro atoms. The number of aryl methyl sites for hydroxylation is 1. The Hall–Kier alpha value is -2.96. The normalized spacial score (nSPS) is 10.8. The highest BCUT2D eigenvalue weighted by atomic mass is 19.1. The number of aromatic nitrogens is 3. The Balaban J connectivity index is 1.56. The minimum Gasteiger partial charge on any atom is -0.487 e. The van der Waals surface area contributed by atoms with Crippen molar-refractivity contribution in [3.8, 4) is 5.75 Å². The Labute approximate surface area is 137 Å². The molecule has 6 nitrogen and oxygen atoms in total. The number of hydrogen-bond acceptors (Lipinski definition) is 5. The summed E-state index contributed by atoms with van der Waals surface area (Å²) in [5.74, 6) is -0.806. The molecule has 24 heavy (non-hydrogen) atoms. The summed E-state index contributed by atoms with van der Waals surface area (Å²) in [6.45, 7) is 2.76. The summed E-state index contributed by atoms with van der Waals surface area (Å²) in [7, 11) is 0. The molecule has 0 aliphatic heterocycles. The number of rotatable bonds is 6. The molecule has 0 saturated carbocycles. The van der Waals surface area contributed by atoms with Crippen LogP contribution >= 0.6 is 0 Å². The molecule has 0 radical (unpaired) electrons. The van der Waals surface area contributed by atoms with Crippen LogP contribution in [0, 0.1) is 5.82 Å². The van der Waals surface area contributed by atoms with Crippen molar-refractivity contribution in [2.45, 2.75) is 13.5 Å². The van der Waals surface area contributed by atoms with Gasteiger partial charge in [-0.05, 0) is 37.3 Å². The zero-order valence-electron chi connectivity index (χ0n) is 13.1. The first-order chi connectivity index (χ1) is 11.7. The molecular formula is C17H16FN3O3. The molecule has 0 saturated heterocycles. The van der Waals surface area contributed by atoms with E-state index in [2.05, 4.69) is 10.3 Å². The fraction of sp³-hybridized carbons (Fsp3) is 0.235. The minimum atomic E-state index is -0.486. The summed E-state index contributed by atoms with van der Waals surface area (Å²) in [4.78, 5) is 12.0. The molecule has 1 heterocycles. The summed E-state index contributed by atoms with van der Waals surface area (Å²) in [6.07, 6.45) is 0. The number of halogens is 1. The van der Waals surface area contributed by atoms with Crippen LogP contribution in [0.4, 0.5) is 4.39 Å². The van der Waals surface area contributed by atoms with E-state index in [9.17, 15) is 9.18 Å². The predicted molar refractivity (Wildman–Crippen MR) is 85.4 cm³/mol. The second kappa shape index (κ2) is 7.08. The standard InChI is InChI=1S/C17H16FN3O3/c1-2-21-15-8-7-12(11-14(15)19-20-21)17(22)24-10-9-23-16-6-4-3-5-13(16)18/h3-8,11H,2,9-10H2,1H3. The molecule has 3 aromatic rings. The van der Waals surface area contributed by atoms with Crippen molar-refractivity contribution in [3.05, 3.63) is 53.8 Å². The van der Waals surface area contributed by atoms with Gasteiger partial charge in [-0.1, -0.05) is 17.3 Å². The summed E-state index contributed by atoms with van der Waals surface area (Å²) in [6, 6.07) is 11.1. The number of ether oxygens (including phenoxy) is 2. The number of benzene rings is 2. The predicted octanol–water partition coefficient (Wildman–Crippen LogP) is 2.83. The second-order valence-corrected chi connectivity index (χ2v) is 5.02. The summed E-state index contributed by atoms with van der Waals surface area (Å²) in [5.41, 5.74) is 1.88. The first-order valence-electron chi connectivity index (χ1n) is 7.56. The van der Waals surface area contributed by atoms with E-state index >= 15 is 0 Å². The highest BCUT2D eigenvalue weighted by Crippen LogP contribution is 2.16. The molecule has 1 aromatic heterocycles. The van der Waals surface area contributed by atoms with Crippen LogP contribution in [0.3, 0.4) is 0 Å². The van der Waals surface area contributed by atoms with E-state index in [1.807, 2.05) is 6.92 Å². The van der Waals surface area contributed by atoms with Crippen molar-refractivity contribution >= 4 is 17.0 Å². The lowest BCUT2D eigenvalue weighted by Crippen LogP contribution is -2.12. The van der Waals surface area contributed by atoms with Crippen molar-refractivity contribution in [3.63, 3.8) is 0 Å². The second-order valence-electron chi connectivity index (χ2n) is 5.02. The van der Waals surface area contributed by atoms with Gasteiger partial charge >= 0.3 is 5.97 Å². The number of para-hydroxylation sites is 1. The fourth-order valence-electron chi connectivity index (χ4n) is 2.26. The highest BCUT2D eigenvalue weighted by molar-refractivity contribution is 5.93. The lowest BCUT2D eigenvalue weighted by atomic mass is 10.2. The lowest BCUT2D eigenvalue weighted by molar-refractivity contribution is 0.0448. The molecule has 0 amide bonds. The third-order valence-corrected chi connectivity index (χ3v) is 3.46. The van der Waals surface area contributed by atoms with Crippen molar-refractivity contribution in [1.82, 2.24) is 15.0 Å². The van der Waals surface area contributed by atoms with E-state index in [4.69, 9.17) is 9.47 Å². The van der Waals surface area contributed by atoms with E-state index < -0.39 is 11.8 Å². The zero-order valence-corrected chi connectivity index (χ0v) is 13.1. The number of esters is 1. The highest BCUT2D eigenvalue weighted by Gasteiger charge is 2.11. The van der Waals surface area contributed by atoms with Crippen molar-refractivity contribution in [2.24, 2.45) is 0 Å². The van der Waals surface area contributed by atoms with Gasteiger partial charge in [0.25, 0.3) is 0 Å². The third kappa shape index (κ3) is 3.34. The topological polar surface area (TPSA) is 66.2 Å². The number of hydrogen-bond donors (Lipinski definition) is 0. The van der Waals surface area contributed by atoms with Gasteiger partial charge in [0.2, 0.25) is 0 Å². The smallest absolute Gasteiger partial charge is 0.338 e. The maximum Gasteiger partial charge on any atom is 0.338 e. The van der Waals surface area contributed by atoms with Crippen LogP contribution in [0.15, 0.2) is 42.5 Å². The molecule has 0 aliphatic carbocycles. The molecular weight excluding hydrogens is 313 g/mol. The van der Waals surface area contributed by atoms with E-state index in [1.165, 1.54) is 12.1 Å². The zero-order chi connectivity index (χ0) is 16.9. The van der Waals surface area contributed by atoms with Crippen LogP contribution < -0.4 is 4.74 Å². The van der Waals surface area contributed by atoms with Crippen LogP contribution in [0.25, 0.3) is 11.0 Å². The summed E-state index contributed by atoms with van der Waals surface area (Å²) < 4.78 is 25.5. The first kappa shape index (κ1) is 15.9. The van der Waals surface area contributed by atoms with Gasteiger partial charge in [-0.25, -0.2) is 13.9 Å². The van der Waals surface area contributed by atoms with Gasteiger partial charge in [0.05, 0.1) is 11.1 Å². The average Bonchev–Trinajstić information content (AvgIpc) is 3.02. The van der Waals surface area contributed by atoms with Crippen LogP contribution in [0.1, 0.15) is 17.3 Å². The van der Waals surface area contributed by atoms with Gasteiger partial charge in [0, 0.05) is 6.54 Å². The number of carbonyl (C=O) groups excluding carboxylic acids is 1. The maximum absolute atomic E-state index is 13.4. The van der Waals surface area contributed by atoms with Gasteiger partial charge in [0.15, 0.2) is 11.6 Å². The van der Waals surface area contributed by atoms with Crippen LogP contribution in [0.2, 0.25) is 0 Å². The third-order valence-electron chi connectivity index (χ3n) is 3.46. The summed E-state index contributed by atoms with van der Waals surface area (Å²) >= 11 is 0. The molecule has 0 atom stereocenters. The van der Waals surface area contributed by atoms with E-state index in [-0.39, 0.29) is 19.0 Å². The molecule has 124 valence electrons. The van der Waals surface area contributed by atoms with Crippen molar-refractivity contribution in [1.29, 1.82) is 0 Å². The SMILES string of the molecule is CCn1nnc2cc(C(=O)OCCOc3ccccc3F)ccc21. The molecule has 0 fully saturated rings. The van der Waals surface area contributed by atoms with Gasteiger partial charge in [0.1, 0.15) is 18.7 Å². The van der Waals surface area contributed by atoms with E-state index in [1.54, 1.807) is 35.0 Å². The molecule has 3 rings (SSSR count). The molecule has 2 aromatic carbocycles. The molecule has 7 heteroatoms. The number of carbonyl (C=O) groups is 1. The van der Waals surface area contributed by atoms with Crippen LogP contribution in [0.5, 0.6) is 5.75 Å². The average molecular weight is 329 g/mol. The van der Waals surface area contributed by atoms with Crippen LogP contribution in [-0.4, -0.2) is 34.2 Å². The Morgan fingerprint density at radius 2 is 2.04 bits per heavy atom. The Morgan fingerprint density at radius 3 is 2.83 bits per heavy atom. The number of nitrogens with zero attached hydrogens (tertiary/aromatic N) is 3. The van der Waals surface area contributed by atoms with Gasteiger partial charge < -0.3 is 9.47 Å². The van der Waals surface area contributed by atoms with E-state index in [0.717, 1.165) is 5.52 Å². The van der Waals surface area contributed by atoms with E-state index in [0.29, 0.717) is 17.6 Å². The Morgan fingerprint density at radius 1 is 1.21 bits per heavy atom. The van der Waals surface area contributed by atoms with Crippen molar-refractivity contribution < 1.29 is 18.7 Å². The van der Waals surface area contributed by atoms with Crippen molar-refractivity contribution in [2.75, 3.05) is 13.2 Å². The molecule has 0 N–H and O–H groups in total. The van der Waals surface area contributed by atoms with Crippen LogP contribution in [-0.2, 0) is 11.3 Å². The largest absolute Gasteiger partial charge is 0.487 e.